The van der Waals surface area contributed by atoms with E-state index < -0.39 is 94.8 Å². The van der Waals surface area contributed by atoms with E-state index in [4.69, 9.17) is 53.2 Å². The van der Waals surface area contributed by atoms with Gasteiger partial charge in [-0.1, -0.05) is 58.5 Å². The molecular formula is C23H28Cl2N10Na4O16P4S4. The number of alkyl halides is 2. The van der Waals surface area contributed by atoms with Gasteiger partial charge in [-0.25, -0.2) is 29.9 Å². The van der Waals surface area contributed by atoms with Gasteiger partial charge in [-0.15, -0.1) is 0 Å². The summed E-state index contributed by atoms with van der Waals surface area (Å²) in [5.41, 5.74) is 12.3. The van der Waals surface area contributed by atoms with E-state index in [0.29, 0.717) is 0 Å². The number of fused-ring (bicyclic) bond motifs is 2. The van der Waals surface area contributed by atoms with E-state index >= 15 is 0 Å². The summed E-state index contributed by atoms with van der Waals surface area (Å²) >= 11 is 22.7. The number of hydrogen-bond acceptors (Lipinski definition) is 28. The van der Waals surface area contributed by atoms with Crippen LogP contribution in [0.15, 0.2) is 23.0 Å². The number of nitrogen functional groups attached to an aromatic ring is 2. The second-order valence-corrected chi connectivity index (χ2v) is 26.0. The Bertz CT molecular complexity index is 2300. The van der Waals surface area contributed by atoms with Crippen LogP contribution in [-0.4, -0.2) is 126 Å². The number of hydrogen-bond donors (Lipinski definition) is 6. The molecule has 8 N–H and O–H groups in total. The molecule has 4 aromatic rings. The van der Waals surface area contributed by atoms with Gasteiger partial charge in [-0.3, -0.25) is 22.3 Å². The predicted octanol–water partition coefficient (Wildman–Crippen LogP) is -13.0. The molecule has 40 heteroatoms. The van der Waals surface area contributed by atoms with Crippen LogP contribution < -0.4 is 144 Å². The number of rotatable bonds is 16. The molecule has 63 heavy (non-hydrogen) atoms. The fraction of sp³-hybridized carbons (Fsp3) is 0.565. The molecule has 0 aliphatic carbocycles. The average Bonchev–Trinajstić information content (AvgIpc) is 3.90. The molecule has 2 aliphatic heterocycles. The molecule has 0 amide bonds. The number of nitrogens with two attached hydrogens (primary N) is 2. The molecule has 4 unspecified atom stereocenters. The van der Waals surface area contributed by atoms with Gasteiger partial charge >= 0.3 is 118 Å². The van der Waals surface area contributed by atoms with Crippen molar-refractivity contribution in [3.05, 3.63) is 12.7 Å². The van der Waals surface area contributed by atoms with Crippen LogP contribution in [0.3, 0.4) is 0 Å². The summed E-state index contributed by atoms with van der Waals surface area (Å²) in [5.74, 6) is 0.00853. The molecule has 6 heterocycles. The molecule has 12 atom stereocenters. The van der Waals surface area contributed by atoms with E-state index in [-0.39, 0.29) is 163 Å². The minimum atomic E-state index is -6.48. The summed E-state index contributed by atoms with van der Waals surface area (Å²) in [6.07, 6.45) is -7.26. The van der Waals surface area contributed by atoms with Crippen molar-refractivity contribution in [3.8, 4) is 0 Å². The molecule has 0 spiro atoms. The van der Waals surface area contributed by atoms with E-state index in [0.717, 1.165) is 23.5 Å². The Morgan fingerprint density at radius 2 is 1.14 bits per heavy atom. The molecule has 2 aliphatic rings. The first-order valence-corrected chi connectivity index (χ1v) is 27.2. The summed E-state index contributed by atoms with van der Waals surface area (Å²) in [6, 6.07) is 0. The van der Waals surface area contributed by atoms with Gasteiger partial charge < -0.3 is 86.5 Å². The van der Waals surface area contributed by atoms with Crippen molar-refractivity contribution in [2.45, 2.75) is 63.2 Å². The van der Waals surface area contributed by atoms with Crippen LogP contribution in [0.1, 0.15) is 12.5 Å². The molecule has 2 saturated heterocycles. The van der Waals surface area contributed by atoms with Crippen molar-refractivity contribution in [2.75, 3.05) is 37.2 Å². The fourth-order valence-corrected chi connectivity index (χ4v) is 15.0. The van der Waals surface area contributed by atoms with Crippen molar-refractivity contribution in [2.24, 2.45) is 0 Å². The first-order chi connectivity index (χ1) is 27.3. The topological polar surface area (TPSA) is 396 Å². The number of imidazole rings is 2. The maximum Gasteiger partial charge on any atom is 1.00 e. The summed E-state index contributed by atoms with van der Waals surface area (Å²) in [7, 11) is -13.0. The zero-order chi connectivity index (χ0) is 43.6. The Balaban J connectivity index is 0.00000341. The van der Waals surface area contributed by atoms with Gasteiger partial charge in [0.15, 0.2) is 60.9 Å². The van der Waals surface area contributed by atoms with E-state index in [9.17, 15) is 48.8 Å². The second kappa shape index (κ2) is 24.2. The van der Waals surface area contributed by atoms with Crippen LogP contribution in [0.4, 0.5) is 11.6 Å². The van der Waals surface area contributed by atoms with Crippen LogP contribution in [0.25, 0.3) is 22.3 Å². The van der Waals surface area contributed by atoms with Gasteiger partial charge in [0.2, 0.25) is 10.6 Å². The summed E-state index contributed by atoms with van der Waals surface area (Å²) in [5, 5.41) is 43.2. The van der Waals surface area contributed by atoms with Crippen molar-refractivity contribution in [1.29, 1.82) is 0 Å². The number of aromatic nitrogens is 8. The Kier molecular flexibility index (Phi) is 24.0. The van der Waals surface area contributed by atoms with Gasteiger partial charge in [0.05, 0.1) is 25.9 Å². The smallest absolute Gasteiger partial charge is 0.779 e. The summed E-state index contributed by atoms with van der Waals surface area (Å²) < 4.78 is 66.7. The number of nitrogens with zero attached hydrogens (tertiary/aromatic N) is 8. The normalized spacial score (nSPS) is 27.5. The van der Waals surface area contributed by atoms with E-state index in [2.05, 4.69) is 62.6 Å². The molecule has 2 fully saturated rings. The van der Waals surface area contributed by atoms with Crippen LogP contribution in [0, 0.1) is 0 Å². The molecule has 6 rings (SSSR count). The van der Waals surface area contributed by atoms with Gasteiger partial charge in [-0.2, -0.15) is 0 Å². The van der Waals surface area contributed by atoms with Crippen LogP contribution >= 0.6 is 75.4 Å². The summed E-state index contributed by atoms with van der Waals surface area (Å²) in [6.45, 7) is -12.8. The standard InChI is InChI=1S/C23H32Cl2N10O16P4S4.4Na/c1-58-21-30-15(26)9-17(32-21)34(5-28-9)19-13(38)11(36)7(48-19)3-46-54(44,56)50-52(40,41)23(24,25)53(42,43)51-55(45,57)47-4-8-12(37)14(39)20(49-8)35-6-29-10-16(27)31-22(59-2)33-18(10)35;;;;/h5-8,11-14,19-20,36-39H,3-4H2,1-2H3,(H,40,41)(H,42,43)(H,44,56)(H,45,57)(H2,26,30,32)(H2,27,31,33);;;;/q;4*+1/p-4/t7-,8-,11-,12-,13-,14-,19-,20-,54?,55?;;;;/m1..../s1. The first-order valence-electron chi connectivity index (χ1n) is 15.8. The van der Waals surface area contributed by atoms with Gasteiger partial charge in [0.1, 0.15) is 54.4 Å². The zero-order valence-corrected chi connectivity index (χ0v) is 49.6. The monoisotopic (exact) mass is 1110 g/mol. The molecule has 0 radical (unpaired) electrons. The SMILES string of the molecule is CSc1nc(N)c2ncn([C@@H]3O[C@H](COP(=O)([S-])OP(=O)([O-])C(Cl)(Cl)P(=O)([O-])OP([O-])(=S)OC[C@H]4O[C@@H](n5cnc6c(N)nc(SC)nc65)[C@H](O)[C@@H]4O)[C@@H](O)[C@H]3O)c2n1.[Na+].[Na+].[Na+].[Na+]. The van der Waals surface area contributed by atoms with Crippen molar-refractivity contribution < 1.29 is 194 Å². The van der Waals surface area contributed by atoms with Gasteiger partial charge in [0, 0.05) is 0 Å². The minimum absolute atomic E-state index is 0. The van der Waals surface area contributed by atoms with E-state index in [1.807, 2.05) is 0 Å². The molecule has 0 bridgehead atoms. The third-order valence-electron chi connectivity index (χ3n) is 8.31. The summed E-state index contributed by atoms with van der Waals surface area (Å²) in [4.78, 5) is 63.8. The van der Waals surface area contributed by atoms with Crippen LogP contribution in [-0.2, 0) is 64.9 Å². The molecule has 26 nitrogen and oxygen atoms in total. The van der Waals surface area contributed by atoms with Crippen molar-refractivity contribution in [1.82, 2.24) is 39.0 Å². The molecule has 328 valence electrons. The van der Waals surface area contributed by atoms with Crippen LogP contribution in [0.5, 0.6) is 0 Å². The van der Waals surface area contributed by atoms with Gasteiger partial charge in [-0.05, 0) is 12.5 Å². The predicted molar refractivity (Wildman–Crippen MR) is 208 cm³/mol. The van der Waals surface area contributed by atoms with Gasteiger partial charge in [0.25, 0.3) is 0 Å². The largest absolute Gasteiger partial charge is 1.00 e. The Hall–Kier alpha value is 3.15. The quantitative estimate of drug-likeness (QED) is 0.0151. The Labute approximate surface area is 473 Å². The number of aliphatic hydroxyl groups excluding tert-OH is 4. The maximum absolute atomic E-state index is 13.0. The molecule has 0 aromatic carbocycles. The average molecular weight is 1120 g/mol. The number of thioether (sulfide) groups is 2. The molecule has 0 saturated carbocycles. The van der Waals surface area contributed by atoms with Crippen molar-refractivity contribution >= 4 is 133 Å². The fourth-order valence-electron chi connectivity index (χ4n) is 5.47. The number of anilines is 2. The number of halogens is 2. The van der Waals surface area contributed by atoms with Crippen molar-refractivity contribution in [3.63, 3.8) is 0 Å². The Morgan fingerprint density at radius 3 is 1.54 bits per heavy atom. The first kappa shape index (κ1) is 62.3. The second-order valence-electron chi connectivity index (χ2n) is 12.1. The minimum Gasteiger partial charge on any atom is -0.779 e. The van der Waals surface area contributed by atoms with Crippen LogP contribution in [0.2, 0.25) is 0 Å². The molecule has 4 aromatic heterocycles. The van der Waals surface area contributed by atoms with E-state index in [1.165, 1.54) is 21.8 Å². The van der Waals surface area contributed by atoms with E-state index in [1.54, 1.807) is 12.5 Å². The maximum atomic E-state index is 13.0. The third kappa shape index (κ3) is 13.4. The zero-order valence-electron chi connectivity index (χ0n) is 33.3. The number of aliphatic hydroxyl groups is 4. The third-order valence-corrected chi connectivity index (χ3v) is 20.8. The Morgan fingerprint density at radius 1 is 0.762 bits per heavy atom. The molecular weight excluding hydrogens is 1090 g/mol. The number of ether oxygens (including phenoxy) is 2.